The van der Waals surface area contributed by atoms with Gasteiger partial charge in [-0.05, 0) is 37.5 Å². The van der Waals surface area contributed by atoms with Crippen molar-refractivity contribution in [1.82, 2.24) is 0 Å². The summed E-state index contributed by atoms with van der Waals surface area (Å²) in [6, 6.07) is 5.77. The molecule has 1 aliphatic rings. The summed E-state index contributed by atoms with van der Waals surface area (Å²) in [6.45, 7) is 4.99. The van der Waals surface area contributed by atoms with E-state index in [1.165, 1.54) is 49.8 Å². The van der Waals surface area contributed by atoms with Crippen LogP contribution in [0.5, 0.6) is 0 Å². The van der Waals surface area contributed by atoms with Crippen LogP contribution in [0, 0.1) is 0 Å². The molecule has 0 aliphatic carbocycles. The molecule has 0 aromatic heterocycles. The fraction of sp³-hybridized carbons (Fsp3) is 0.625. The van der Waals surface area contributed by atoms with Crippen molar-refractivity contribution in [1.29, 1.82) is 0 Å². The van der Waals surface area contributed by atoms with E-state index in [1.807, 2.05) is 18.2 Å². The van der Waals surface area contributed by atoms with Crippen LogP contribution in [0.2, 0.25) is 0 Å². The quantitative estimate of drug-likeness (QED) is 0.641. The smallest absolute Gasteiger partial charge is 0.0801 e. The number of rotatable bonds is 5. The van der Waals surface area contributed by atoms with Crippen LogP contribution in [0.15, 0.2) is 18.2 Å². The van der Waals surface area contributed by atoms with Crippen LogP contribution < -0.4 is 16.4 Å². The Morgan fingerprint density at radius 3 is 2.50 bits per heavy atom. The minimum atomic E-state index is 0.728. The summed E-state index contributed by atoms with van der Waals surface area (Å²) in [4.78, 5) is 2.24. The maximum absolute atomic E-state index is 6.04. The summed E-state index contributed by atoms with van der Waals surface area (Å²) < 4.78 is 1.24. The normalized spacial score (nSPS) is 17.9. The van der Waals surface area contributed by atoms with Gasteiger partial charge in [0.15, 0.2) is 0 Å². The predicted molar refractivity (Wildman–Crippen MR) is 87.8 cm³/mol. The molecule has 4 nitrogen and oxygen atoms in total. The third kappa shape index (κ3) is 3.79. The number of nitrogens with zero attached hydrogens (tertiary/aromatic N) is 2. The Hall–Kier alpha value is -1.42. The zero-order valence-electron chi connectivity index (χ0n) is 12.9. The average molecular weight is 277 g/mol. The SMILES string of the molecule is CN(CCC[N+]1(C)CCCCC1)c1ccc(N)cc1N. The minimum Gasteiger partial charge on any atom is -0.399 e. The van der Waals surface area contributed by atoms with Crippen molar-refractivity contribution in [2.45, 2.75) is 25.7 Å². The number of quaternary nitrogens is 1. The van der Waals surface area contributed by atoms with Gasteiger partial charge in [0.1, 0.15) is 0 Å². The standard InChI is InChI=1S/C16H29N4/c1-19(16-8-7-14(17)13-15(16)18)9-6-12-20(2)10-4-3-5-11-20/h7-8,13H,3-6,9-12,17-18H2,1-2H3/q+1. The Balaban J connectivity index is 1.84. The third-order valence-electron chi connectivity index (χ3n) is 4.55. The van der Waals surface area contributed by atoms with Crippen molar-refractivity contribution in [2.24, 2.45) is 0 Å². The molecule has 1 aromatic carbocycles. The lowest BCUT2D eigenvalue weighted by Crippen LogP contribution is -2.49. The molecule has 1 saturated heterocycles. The molecular weight excluding hydrogens is 248 g/mol. The van der Waals surface area contributed by atoms with Gasteiger partial charge < -0.3 is 20.9 Å². The van der Waals surface area contributed by atoms with Gasteiger partial charge >= 0.3 is 0 Å². The van der Waals surface area contributed by atoms with Crippen LogP contribution in [-0.4, -0.2) is 44.8 Å². The van der Waals surface area contributed by atoms with E-state index >= 15 is 0 Å². The lowest BCUT2D eigenvalue weighted by atomic mass is 10.1. The van der Waals surface area contributed by atoms with E-state index in [0.717, 1.165) is 23.6 Å². The molecule has 1 fully saturated rings. The van der Waals surface area contributed by atoms with Gasteiger partial charge in [0, 0.05) is 25.7 Å². The molecule has 0 amide bonds. The van der Waals surface area contributed by atoms with Crippen LogP contribution in [-0.2, 0) is 0 Å². The van der Waals surface area contributed by atoms with Crippen LogP contribution in [0.3, 0.4) is 0 Å². The van der Waals surface area contributed by atoms with Crippen molar-refractivity contribution in [3.05, 3.63) is 18.2 Å². The molecule has 0 atom stereocenters. The summed E-state index contributed by atoms with van der Waals surface area (Å²) in [6.07, 6.45) is 5.39. The molecule has 112 valence electrons. The summed E-state index contributed by atoms with van der Waals surface area (Å²) >= 11 is 0. The first-order valence-corrected chi connectivity index (χ1v) is 7.70. The van der Waals surface area contributed by atoms with Gasteiger partial charge in [-0.2, -0.15) is 0 Å². The van der Waals surface area contributed by atoms with Crippen molar-refractivity contribution >= 4 is 17.1 Å². The van der Waals surface area contributed by atoms with Crippen molar-refractivity contribution < 1.29 is 4.48 Å². The monoisotopic (exact) mass is 277 g/mol. The molecule has 4 heteroatoms. The number of piperidine rings is 1. The van der Waals surface area contributed by atoms with E-state index in [4.69, 9.17) is 11.5 Å². The lowest BCUT2D eigenvalue weighted by molar-refractivity contribution is -0.914. The summed E-state index contributed by atoms with van der Waals surface area (Å²) in [5.74, 6) is 0. The lowest BCUT2D eigenvalue weighted by Gasteiger charge is -2.38. The molecule has 1 aliphatic heterocycles. The first kappa shape index (κ1) is 15.0. The zero-order chi connectivity index (χ0) is 14.6. The van der Waals surface area contributed by atoms with Gasteiger partial charge in [-0.1, -0.05) is 0 Å². The summed E-state index contributed by atoms with van der Waals surface area (Å²) in [5.41, 5.74) is 14.4. The molecule has 0 radical (unpaired) electrons. The van der Waals surface area contributed by atoms with E-state index in [1.54, 1.807) is 0 Å². The van der Waals surface area contributed by atoms with Crippen molar-refractivity contribution in [3.8, 4) is 0 Å². The van der Waals surface area contributed by atoms with E-state index in [9.17, 15) is 0 Å². The highest BCUT2D eigenvalue weighted by atomic mass is 15.3. The molecule has 4 N–H and O–H groups in total. The highest BCUT2D eigenvalue weighted by Gasteiger charge is 2.24. The maximum Gasteiger partial charge on any atom is 0.0801 e. The highest BCUT2D eigenvalue weighted by Crippen LogP contribution is 2.24. The largest absolute Gasteiger partial charge is 0.399 e. The Kier molecular flexibility index (Phi) is 4.76. The van der Waals surface area contributed by atoms with Gasteiger partial charge in [-0.3, -0.25) is 0 Å². The Morgan fingerprint density at radius 2 is 1.85 bits per heavy atom. The third-order valence-corrected chi connectivity index (χ3v) is 4.55. The first-order valence-electron chi connectivity index (χ1n) is 7.70. The molecule has 0 spiro atoms. The number of nitrogens with two attached hydrogens (primary N) is 2. The number of hydrogen-bond donors (Lipinski definition) is 2. The molecule has 2 rings (SSSR count). The Labute approximate surface area is 122 Å². The molecule has 1 aromatic rings. The zero-order valence-corrected chi connectivity index (χ0v) is 12.9. The second kappa shape index (κ2) is 6.35. The van der Waals surface area contributed by atoms with Crippen molar-refractivity contribution in [2.75, 3.05) is 56.6 Å². The Bertz CT molecular complexity index is 438. The predicted octanol–water partition coefficient (Wildman–Crippen LogP) is 2.31. The number of hydrogen-bond acceptors (Lipinski definition) is 3. The summed E-state index contributed by atoms with van der Waals surface area (Å²) in [7, 11) is 4.51. The van der Waals surface area contributed by atoms with Gasteiger partial charge in [0.25, 0.3) is 0 Å². The molecule has 1 heterocycles. The van der Waals surface area contributed by atoms with Crippen LogP contribution in [0.4, 0.5) is 17.1 Å². The number of likely N-dealkylation sites (tertiary alicyclic amines) is 1. The van der Waals surface area contributed by atoms with Gasteiger partial charge in [-0.25, -0.2) is 0 Å². The highest BCUT2D eigenvalue weighted by molar-refractivity contribution is 5.71. The maximum atomic E-state index is 6.04. The molecule has 0 saturated carbocycles. The van der Waals surface area contributed by atoms with E-state index in [2.05, 4.69) is 19.0 Å². The second-order valence-electron chi connectivity index (χ2n) is 6.44. The van der Waals surface area contributed by atoms with E-state index < -0.39 is 0 Å². The second-order valence-corrected chi connectivity index (χ2v) is 6.44. The molecule has 20 heavy (non-hydrogen) atoms. The molecule has 0 bridgehead atoms. The Morgan fingerprint density at radius 1 is 1.15 bits per heavy atom. The number of nitrogen functional groups attached to an aromatic ring is 2. The van der Waals surface area contributed by atoms with Crippen LogP contribution >= 0.6 is 0 Å². The van der Waals surface area contributed by atoms with Crippen molar-refractivity contribution in [3.63, 3.8) is 0 Å². The van der Waals surface area contributed by atoms with Crippen LogP contribution in [0.25, 0.3) is 0 Å². The fourth-order valence-corrected chi connectivity index (χ4v) is 3.23. The van der Waals surface area contributed by atoms with Crippen LogP contribution in [0.1, 0.15) is 25.7 Å². The number of benzene rings is 1. The van der Waals surface area contributed by atoms with E-state index in [0.29, 0.717) is 0 Å². The number of anilines is 3. The summed E-state index contributed by atoms with van der Waals surface area (Å²) in [5, 5.41) is 0. The van der Waals surface area contributed by atoms with Gasteiger partial charge in [-0.15, -0.1) is 0 Å². The van der Waals surface area contributed by atoms with Gasteiger partial charge in [0.2, 0.25) is 0 Å². The first-order chi connectivity index (χ1) is 9.50. The average Bonchev–Trinajstić information content (AvgIpc) is 2.39. The molecular formula is C16H29N4+. The minimum absolute atomic E-state index is 0.728. The topological polar surface area (TPSA) is 55.3 Å². The van der Waals surface area contributed by atoms with Gasteiger partial charge in [0.05, 0.1) is 38.1 Å². The molecule has 0 unspecified atom stereocenters. The van der Waals surface area contributed by atoms with E-state index in [-0.39, 0.29) is 0 Å². The fourth-order valence-electron chi connectivity index (χ4n) is 3.23.